The Kier molecular flexibility index (Phi) is 10.4. The van der Waals surface area contributed by atoms with E-state index >= 15 is 0 Å². The number of nitrogens with zero attached hydrogens (tertiary/aromatic N) is 4. The molecule has 2 atom stereocenters. The molecule has 1 aliphatic heterocycles. The molecule has 0 fully saturated rings. The van der Waals surface area contributed by atoms with E-state index in [1.165, 1.54) is 12.1 Å². The van der Waals surface area contributed by atoms with Crippen LogP contribution in [0.5, 0.6) is 5.75 Å². The van der Waals surface area contributed by atoms with Gasteiger partial charge in [-0.2, -0.15) is 0 Å². The number of nitrogens with one attached hydrogen (secondary N) is 2. The lowest BCUT2D eigenvalue weighted by atomic mass is 9.81. The van der Waals surface area contributed by atoms with Crippen molar-refractivity contribution in [2.24, 2.45) is 10.1 Å². The number of amides is 1. The average Bonchev–Trinajstić information content (AvgIpc) is 3.44. The first-order valence-electron chi connectivity index (χ1n) is 14.6. The van der Waals surface area contributed by atoms with Crippen molar-refractivity contribution in [2.75, 3.05) is 19.8 Å². The van der Waals surface area contributed by atoms with Gasteiger partial charge in [0.2, 0.25) is 5.90 Å². The molecule has 3 N–H and O–H groups in total. The van der Waals surface area contributed by atoms with E-state index in [-0.39, 0.29) is 24.7 Å². The van der Waals surface area contributed by atoms with Gasteiger partial charge < -0.3 is 14.6 Å². The number of hydrogen-bond acceptors (Lipinski definition) is 7. The summed E-state index contributed by atoms with van der Waals surface area (Å²) < 4.78 is 25.8. The van der Waals surface area contributed by atoms with Crippen LogP contribution in [0.25, 0.3) is 10.4 Å². The molecule has 0 saturated heterocycles. The van der Waals surface area contributed by atoms with E-state index < -0.39 is 17.6 Å². The monoisotopic (exact) mass is 608 g/mol. The Morgan fingerprint density at radius 2 is 1.78 bits per heavy atom. The zero-order chi connectivity index (χ0) is 31.5. The average molecular weight is 609 g/mol. The summed E-state index contributed by atoms with van der Waals surface area (Å²) in [5.41, 5.74) is 16.7. The number of rotatable bonds is 14. The fourth-order valence-corrected chi connectivity index (χ4v) is 5.17. The highest BCUT2D eigenvalue weighted by Crippen LogP contribution is 2.45. The number of hydrogen-bond donors (Lipinski definition) is 3. The van der Waals surface area contributed by atoms with Crippen molar-refractivity contribution in [3.8, 4) is 5.75 Å². The van der Waals surface area contributed by atoms with Crippen molar-refractivity contribution in [3.63, 3.8) is 0 Å². The highest BCUT2D eigenvalue weighted by atomic mass is 19.1. The molecule has 1 aliphatic rings. The summed E-state index contributed by atoms with van der Waals surface area (Å²) in [6, 6.07) is 29.9. The molecule has 11 heteroatoms. The summed E-state index contributed by atoms with van der Waals surface area (Å²) in [6.07, 6.45) is 0.203. The molecule has 0 radical (unpaired) electrons. The van der Waals surface area contributed by atoms with Crippen LogP contribution in [-0.4, -0.2) is 42.2 Å². The lowest BCUT2D eigenvalue weighted by Crippen LogP contribution is -2.54. The Morgan fingerprint density at radius 3 is 2.53 bits per heavy atom. The number of hydrazine groups is 1. The summed E-state index contributed by atoms with van der Waals surface area (Å²) in [4.78, 5) is 22.3. The van der Waals surface area contributed by atoms with Crippen LogP contribution in [0.3, 0.4) is 0 Å². The maximum absolute atomic E-state index is 14.3. The highest BCUT2D eigenvalue weighted by Gasteiger charge is 2.54. The van der Waals surface area contributed by atoms with Crippen LogP contribution in [-0.2, 0) is 22.4 Å². The van der Waals surface area contributed by atoms with Crippen LogP contribution in [0, 0.1) is 5.82 Å². The van der Waals surface area contributed by atoms with Crippen molar-refractivity contribution in [1.82, 2.24) is 10.9 Å². The SMILES string of the molecule is [N-]=[N+]=Nc1ccccc1[C@@H]1OC(c2ccc(OCCCO)cc2)=N[C@]1(Cc1ccccc1)C(=O)NNCCc1cccc(F)c1. The first-order valence-corrected chi connectivity index (χ1v) is 14.6. The molecule has 0 saturated carbocycles. The third kappa shape index (κ3) is 7.66. The number of aliphatic hydroxyl groups is 1. The Bertz CT molecular complexity index is 1680. The molecule has 0 aliphatic carbocycles. The van der Waals surface area contributed by atoms with Crippen LogP contribution in [0.1, 0.15) is 34.8 Å². The standard InChI is InChI=1S/C34H33FN6O4/c35-27-11-6-10-24(22-27)18-19-37-40-33(43)34(23-25-8-2-1-3-9-25)31(29-12-4-5-13-30(29)39-41-36)45-32(38-34)26-14-16-28(17-15-26)44-21-7-20-42/h1-6,8-17,22,31,37,42H,7,18-21,23H2,(H,40,43)/t31-,34-/m0/s1. The second-order valence-corrected chi connectivity index (χ2v) is 10.5. The van der Waals surface area contributed by atoms with Crippen LogP contribution in [0.4, 0.5) is 10.1 Å². The number of aliphatic imine (C=N–C) groups is 1. The summed E-state index contributed by atoms with van der Waals surface area (Å²) >= 11 is 0. The van der Waals surface area contributed by atoms with Crippen LogP contribution in [0.2, 0.25) is 0 Å². The Hall–Kier alpha value is -5.22. The van der Waals surface area contributed by atoms with E-state index in [0.717, 1.165) is 11.1 Å². The Morgan fingerprint density at radius 1 is 1.02 bits per heavy atom. The number of aliphatic hydroxyl groups excluding tert-OH is 1. The lowest BCUT2D eigenvalue weighted by molar-refractivity contribution is -0.130. The third-order valence-electron chi connectivity index (χ3n) is 7.35. The summed E-state index contributed by atoms with van der Waals surface area (Å²) in [6.45, 7) is 0.747. The fourth-order valence-electron chi connectivity index (χ4n) is 5.17. The summed E-state index contributed by atoms with van der Waals surface area (Å²) in [7, 11) is 0. The predicted molar refractivity (Wildman–Crippen MR) is 168 cm³/mol. The van der Waals surface area contributed by atoms with Gasteiger partial charge in [-0.25, -0.2) is 14.8 Å². The number of benzene rings is 4. The minimum Gasteiger partial charge on any atom is -0.494 e. The molecule has 5 rings (SSSR count). The summed E-state index contributed by atoms with van der Waals surface area (Å²) in [5, 5.41) is 12.9. The van der Waals surface area contributed by atoms with Crippen LogP contribution >= 0.6 is 0 Å². The molecule has 45 heavy (non-hydrogen) atoms. The lowest BCUT2D eigenvalue weighted by Gasteiger charge is -2.31. The smallest absolute Gasteiger partial charge is 0.266 e. The quantitative estimate of drug-likeness (QED) is 0.0538. The van der Waals surface area contributed by atoms with E-state index in [2.05, 4.69) is 20.9 Å². The first kappa shape index (κ1) is 31.2. The Labute approximate surface area is 260 Å². The maximum atomic E-state index is 14.3. The maximum Gasteiger partial charge on any atom is 0.266 e. The van der Waals surface area contributed by atoms with Crippen molar-refractivity contribution in [2.45, 2.75) is 30.9 Å². The normalized spacial score (nSPS) is 17.1. The molecule has 1 heterocycles. The van der Waals surface area contributed by atoms with E-state index in [1.807, 2.05) is 36.4 Å². The van der Waals surface area contributed by atoms with Crippen molar-refractivity contribution < 1.29 is 23.8 Å². The van der Waals surface area contributed by atoms with E-state index in [1.54, 1.807) is 54.6 Å². The molecule has 0 spiro atoms. The molecular weight excluding hydrogens is 575 g/mol. The summed E-state index contributed by atoms with van der Waals surface area (Å²) in [5.74, 6) is 0.0789. The van der Waals surface area contributed by atoms with Crippen molar-refractivity contribution in [1.29, 1.82) is 0 Å². The molecule has 0 aromatic heterocycles. The minimum absolute atomic E-state index is 0.0344. The minimum atomic E-state index is -1.51. The van der Waals surface area contributed by atoms with Gasteiger partial charge in [0.15, 0.2) is 11.6 Å². The number of halogens is 1. The molecule has 0 unspecified atom stereocenters. The van der Waals surface area contributed by atoms with Crippen molar-refractivity contribution in [3.05, 3.63) is 142 Å². The topological polar surface area (TPSA) is 141 Å². The van der Waals surface area contributed by atoms with Gasteiger partial charge in [0.05, 0.1) is 6.61 Å². The number of ether oxygens (including phenoxy) is 2. The first-order chi connectivity index (χ1) is 22.0. The van der Waals surface area contributed by atoms with Gasteiger partial charge in [-0.15, -0.1) is 0 Å². The van der Waals surface area contributed by atoms with Gasteiger partial charge in [0.25, 0.3) is 5.91 Å². The molecule has 10 nitrogen and oxygen atoms in total. The van der Waals surface area contributed by atoms with Gasteiger partial charge in [-0.3, -0.25) is 10.2 Å². The number of carbonyl (C=O) groups is 1. The molecule has 4 aromatic rings. The Balaban J connectivity index is 1.51. The number of azide groups is 1. The molecule has 0 bridgehead atoms. The molecular formula is C34H33FN6O4. The van der Waals surface area contributed by atoms with Gasteiger partial charge >= 0.3 is 0 Å². The largest absolute Gasteiger partial charge is 0.494 e. The van der Waals surface area contributed by atoms with Gasteiger partial charge in [0.1, 0.15) is 11.6 Å². The number of carbonyl (C=O) groups excluding carboxylic acids is 1. The fraction of sp³-hybridized carbons (Fsp3) is 0.235. The van der Waals surface area contributed by atoms with E-state index in [4.69, 9.17) is 19.6 Å². The second-order valence-electron chi connectivity index (χ2n) is 10.5. The predicted octanol–water partition coefficient (Wildman–Crippen LogP) is 5.89. The van der Waals surface area contributed by atoms with Gasteiger partial charge in [0, 0.05) is 47.7 Å². The molecule has 4 aromatic carbocycles. The van der Waals surface area contributed by atoms with E-state index in [0.29, 0.717) is 48.6 Å². The van der Waals surface area contributed by atoms with Gasteiger partial charge in [-0.05, 0) is 59.5 Å². The third-order valence-corrected chi connectivity index (χ3v) is 7.35. The zero-order valence-electron chi connectivity index (χ0n) is 24.5. The molecule has 230 valence electrons. The van der Waals surface area contributed by atoms with Crippen LogP contribution < -0.4 is 15.6 Å². The van der Waals surface area contributed by atoms with Crippen molar-refractivity contribution >= 4 is 17.5 Å². The molecule has 1 amide bonds. The van der Waals surface area contributed by atoms with Gasteiger partial charge in [-0.1, -0.05) is 71.8 Å². The highest BCUT2D eigenvalue weighted by molar-refractivity contribution is 6.01. The second kappa shape index (κ2) is 15.0. The van der Waals surface area contributed by atoms with Crippen LogP contribution in [0.15, 0.2) is 113 Å². The zero-order valence-corrected chi connectivity index (χ0v) is 24.5. The van der Waals surface area contributed by atoms with E-state index in [9.17, 15) is 14.7 Å².